The van der Waals surface area contributed by atoms with Gasteiger partial charge in [-0.3, -0.25) is 10.1 Å². The third-order valence-electron chi connectivity index (χ3n) is 2.69. The van der Waals surface area contributed by atoms with Gasteiger partial charge in [0.1, 0.15) is 0 Å². The lowest BCUT2D eigenvalue weighted by Gasteiger charge is -2.00. The summed E-state index contributed by atoms with van der Waals surface area (Å²) in [6.45, 7) is 0. The SMILES string of the molecule is O=C(Nc1nnc(C2CC2)o1)c1ccc(I)cc1. The molecule has 2 aromatic rings. The maximum absolute atomic E-state index is 11.9. The zero-order valence-corrected chi connectivity index (χ0v) is 11.5. The van der Waals surface area contributed by atoms with Gasteiger partial charge in [-0.2, -0.15) is 0 Å². The zero-order valence-electron chi connectivity index (χ0n) is 9.39. The molecular weight excluding hydrogens is 345 g/mol. The Morgan fingerprint density at radius 2 is 2.00 bits per heavy atom. The minimum atomic E-state index is -0.239. The van der Waals surface area contributed by atoms with Crippen molar-refractivity contribution in [1.82, 2.24) is 10.2 Å². The standard InChI is InChI=1S/C12H10IN3O2/c13-9-5-3-7(4-6-9)10(17)14-12-16-15-11(18-12)8-1-2-8/h3-6,8H,1-2H2,(H,14,16,17). The van der Waals surface area contributed by atoms with Crippen LogP contribution in [0.25, 0.3) is 0 Å². The summed E-state index contributed by atoms with van der Waals surface area (Å²) in [5.41, 5.74) is 0.571. The van der Waals surface area contributed by atoms with E-state index in [0.29, 0.717) is 17.4 Å². The molecule has 1 aliphatic carbocycles. The summed E-state index contributed by atoms with van der Waals surface area (Å²) in [6.07, 6.45) is 2.18. The maximum atomic E-state index is 11.9. The Labute approximate surface area is 117 Å². The molecule has 0 aliphatic heterocycles. The molecule has 0 unspecified atom stereocenters. The van der Waals surface area contributed by atoms with Gasteiger partial charge >= 0.3 is 6.01 Å². The van der Waals surface area contributed by atoms with Gasteiger partial charge in [-0.25, -0.2) is 0 Å². The second kappa shape index (κ2) is 4.68. The van der Waals surface area contributed by atoms with Crippen molar-refractivity contribution in [3.05, 3.63) is 39.3 Å². The fourth-order valence-electron chi connectivity index (χ4n) is 1.55. The van der Waals surface area contributed by atoms with Crippen molar-refractivity contribution in [3.63, 3.8) is 0 Å². The highest BCUT2D eigenvalue weighted by molar-refractivity contribution is 14.1. The van der Waals surface area contributed by atoms with Gasteiger partial charge in [0.25, 0.3) is 5.91 Å². The van der Waals surface area contributed by atoms with Crippen LogP contribution in [0.15, 0.2) is 28.7 Å². The van der Waals surface area contributed by atoms with E-state index >= 15 is 0 Å². The smallest absolute Gasteiger partial charge is 0.322 e. The van der Waals surface area contributed by atoms with Crippen LogP contribution in [-0.2, 0) is 0 Å². The minimum absolute atomic E-state index is 0.167. The van der Waals surface area contributed by atoms with Crippen LogP contribution in [0.1, 0.15) is 35.0 Å². The average Bonchev–Trinajstić information content (AvgIpc) is 3.11. The summed E-state index contributed by atoms with van der Waals surface area (Å²) in [5, 5.41) is 10.3. The minimum Gasteiger partial charge on any atom is -0.408 e. The molecular formula is C12H10IN3O2. The molecule has 5 nitrogen and oxygen atoms in total. The van der Waals surface area contributed by atoms with Gasteiger partial charge in [0.05, 0.1) is 0 Å². The Bertz CT molecular complexity index is 575. The normalized spacial score (nSPS) is 14.5. The van der Waals surface area contributed by atoms with Crippen molar-refractivity contribution in [2.45, 2.75) is 18.8 Å². The molecule has 1 amide bonds. The van der Waals surface area contributed by atoms with Crippen molar-refractivity contribution in [2.75, 3.05) is 5.32 Å². The van der Waals surface area contributed by atoms with Crippen LogP contribution in [0, 0.1) is 3.57 Å². The summed E-state index contributed by atoms with van der Waals surface area (Å²) < 4.78 is 6.45. The predicted octanol–water partition coefficient (Wildman–Crippen LogP) is 2.80. The topological polar surface area (TPSA) is 68.0 Å². The second-order valence-electron chi connectivity index (χ2n) is 4.18. The quantitative estimate of drug-likeness (QED) is 0.860. The maximum Gasteiger partial charge on any atom is 0.322 e. The highest BCUT2D eigenvalue weighted by atomic mass is 127. The van der Waals surface area contributed by atoms with Gasteiger partial charge in [-0.05, 0) is 59.7 Å². The summed E-state index contributed by atoms with van der Waals surface area (Å²) >= 11 is 2.19. The van der Waals surface area contributed by atoms with Crippen molar-refractivity contribution < 1.29 is 9.21 Å². The molecule has 0 spiro atoms. The van der Waals surface area contributed by atoms with E-state index in [1.165, 1.54) is 0 Å². The average molecular weight is 355 g/mol. The first kappa shape index (κ1) is 11.6. The number of rotatable bonds is 3. The van der Waals surface area contributed by atoms with Gasteiger partial charge in [0, 0.05) is 15.1 Å². The molecule has 6 heteroatoms. The Balaban J connectivity index is 1.70. The van der Waals surface area contributed by atoms with Gasteiger partial charge in [0.2, 0.25) is 5.89 Å². The summed E-state index contributed by atoms with van der Waals surface area (Å²) in [4.78, 5) is 11.9. The van der Waals surface area contributed by atoms with E-state index in [2.05, 4.69) is 38.1 Å². The molecule has 1 saturated carbocycles. The number of halogens is 1. The molecule has 1 aliphatic rings. The molecule has 1 aromatic heterocycles. The first-order valence-electron chi connectivity index (χ1n) is 5.63. The van der Waals surface area contributed by atoms with E-state index in [-0.39, 0.29) is 11.9 Å². The summed E-state index contributed by atoms with van der Waals surface area (Å²) in [7, 11) is 0. The fourth-order valence-corrected chi connectivity index (χ4v) is 1.91. The molecule has 18 heavy (non-hydrogen) atoms. The van der Waals surface area contributed by atoms with Gasteiger partial charge in [-0.1, -0.05) is 5.10 Å². The van der Waals surface area contributed by atoms with Crippen LogP contribution < -0.4 is 5.32 Å². The van der Waals surface area contributed by atoms with Gasteiger partial charge in [0.15, 0.2) is 0 Å². The molecule has 0 radical (unpaired) electrons. The number of anilines is 1. The van der Waals surface area contributed by atoms with E-state index in [1.807, 2.05) is 12.1 Å². The Kier molecular flexibility index (Phi) is 3.02. The lowest BCUT2D eigenvalue weighted by atomic mass is 10.2. The number of carbonyl (C=O) groups excluding carboxylic acids is 1. The number of carbonyl (C=O) groups is 1. The largest absolute Gasteiger partial charge is 0.408 e. The Morgan fingerprint density at radius 1 is 1.28 bits per heavy atom. The van der Waals surface area contributed by atoms with E-state index in [9.17, 15) is 4.79 Å². The third kappa shape index (κ3) is 2.53. The lowest BCUT2D eigenvalue weighted by Crippen LogP contribution is -2.11. The van der Waals surface area contributed by atoms with Crippen LogP contribution in [0.5, 0.6) is 0 Å². The molecule has 1 N–H and O–H groups in total. The Morgan fingerprint density at radius 3 is 2.67 bits per heavy atom. The summed E-state index contributed by atoms with van der Waals surface area (Å²) in [5.74, 6) is 0.770. The van der Waals surface area contributed by atoms with Crippen molar-refractivity contribution in [2.24, 2.45) is 0 Å². The van der Waals surface area contributed by atoms with E-state index < -0.39 is 0 Å². The number of benzene rings is 1. The first-order valence-corrected chi connectivity index (χ1v) is 6.70. The monoisotopic (exact) mass is 355 g/mol. The molecule has 3 rings (SSSR count). The molecule has 1 aromatic carbocycles. The van der Waals surface area contributed by atoms with Crippen LogP contribution in [0.4, 0.5) is 6.01 Å². The molecule has 0 saturated heterocycles. The number of nitrogens with one attached hydrogen (secondary N) is 1. The fraction of sp³-hybridized carbons (Fsp3) is 0.250. The van der Waals surface area contributed by atoms with Crippen molar-refractivity contribution in [3.8, 4) is 0 Å². The highest BCUT2D eigenvalue weighted by Gasteiger charge is 2.29. The second-order valence-corrected chi connectivity index (χ2v) is 5.43. The van der Waals surface area contributed by atoms with Crippen LogP contribution in [-0.4, -0.2) is 16.1 Å². The van der Waals surface area contributed by atoms with Crippen LogP contribution in [0.3, 0.4) is 0 Å². The number of amides is 1. The molecule has 1 heterocycles. The van der Waals surface area contributed by atoms with Crippen LogP contribution >= 0.6 is 22.6 Å². The molecule has 1 fully saturated rings. The number of hydrogen-bond donors (Lipinski definition) is 1. The number of hydrogen-bond acceptors (Lipinski definition) is 4. The third-order valence-corrected chi connectivity index (χ3v) is 3.41. The van der Waals surface area contributed by atoms with Crippen molar-refractivity contribution >= 4 is 34.5 Å². The number of nitrogens with zero attached hydrogens (tertiary/aromatic N) is 2. The van der Waals surface area contributed by atoms with E-state index in [4.69, 9.17) is 4.42 Å². The highest BCUT2D eigenvalue weighted by Crippen LogP contribution is 2.39. The lowest BCUT2D eigenvalue weighted by molar-refractivity contribution is 0.102. The predicted molar refractivity (Wildman–Crippen MR) is 73.4 cm³/mol. The number of aromatic nitrogens is 2. The van der Waals surface area contributed by atoms with Crippen molar-refractivity contribution in [1.29, 1.82) is 0 Å². The molecule has 92 valence electrons. The molecule has 0 bridgehead atoms. The molecule has 0 atom stereocenters. The Hall–Kier alpha value is -1.44. The zero-order chi connectivity index (χ0) is 12.5. The van der Waals surface area contributed by atoms with E-state index in [1.54, 1.807) is 12.1 Å². The summed E-state index contributed by atoms with van der Waals surface area (Å²) in [6, 6.07) is 7.43. The van der Waals surface area contributed by atoms with Gasteiger partial charge in [-0.15, -0.1) is 5.10 Å². The van der Waals surface area contributed by atoms with Crippen LogP contribution in [0.2, 0.25) is 0 Å². The van der Waals surface area contributed by atoms with Gasteiger partial charge < -0.3 is 4.42 Å². The van der Waals surface area contributed by atoms with E-state index in [0.717, 1.165) is 16.4 Å². The first-order chi connectivity index (χ1) is 8.72.